The number of hydrogen-bond acceptors (Lipinski definition) is 5. The standard InChI is InChI=1S/C20H10Cl2N2O2S/c21-11-5-6-14(22)12(9-11)16-7-8-17(26-16)19(25)13(10-23)20-24-15-3-1-2-4-18(15)27-20/h1-9,25H. The van der Waals surface area contributed by atoms with E-state index in [2.05, 4.69) is 4.98 Å². The van der Waals surface area contributed by atoms with Gasteiger partial charge in [0.2, 0.25) is 0 Å². The molecule has 0 saturated carbocycles. The number of aliphatic hydroxyl groups is 1. The van der Waals surface area contributed by atoms with Crippen LogP contribution in [0, 0.1) is 11.3 Å². The third-order valence-corrected chi connectivity index (χ3v) is 5.51. The molecule has 1 N–H and O–H groups in total. The maximum Gasteiger partial charge on any atom is 0.179 e. The largest absolute Gasteiger partial charge is 0.503 e. The van der Waals surface area contributed by atoms with Crippen molar-refractivity contribution in [2.45, 2.75) is 0 Å². The summed E-state index contributed by atoms with van der Waals surface area (Å²) >= 11 is 13.5. The highest BCUT2D eigenvalue weighted by molar-refractivity contribution is 7.19. The van der Waals surface area contributed by atoms with Crippen LogP contribution in [0.5, 0.6) is 0 Å². The van der Waals surface area contributed by atoms with E-state index in [0.29, 0.717) is 26.4 Å². The Bertz CT molecular complexity index is 1200. The third-order valence-electron chi connectivity index (χ3n) is 3.89. The first kappa shape index (κ1) is 17.6. The molecule has 0 aliphatic carbocycles. The highest BCUT2D eigenvalue weighted by atomic mass is 35.5. The second-order valence-corrected chi connectivity index (χ2v) is 7.48. The molecule has 2 aromatic heterocycles. The second-order valence-electron chi connectivity index (χ2n) is 5.61. The summed E-state index contributed by atoms with van der Waals surface area (Å²) in [5.41, 5.74) is 1.42. The highest BCUT2D eigenvalue weighted by Crippen LogP contribution is 2.35. The van der Waals surface area contributed by atoms with Crippen LogP contribution in [0.25, 0.3) is 32.9 Å². The van der Waals surface area contributed by atoms with Gasteiger partial charge in [0, 0.05) is 10.6 Å². The number of nitriles is 1. The molecule has 7 heteroatoms. The van der Waals surface area contributed by atoms with Gasteiger partial charge in [-0.05, 0) is 42.5 Å². The van der Waals surface area contributed by atoms with Crippen molar-refractivity contribution in [3.63, 3.8) is 0 Å². The minimum atomic E-state index is -0.277. The molecule has 0 aliphatic heterocycles. The SMILES string of the molecule is N#CC(=C(O)c1ccc(-c2cc(Cl)ccc2Cl)o1)c1nc2ccccc2s1. The monoisotopic (exact) mass is 412 g/mol. The van der Waals surface area contributed by atoms with Gasteiger partial charge in [-0.1, -0.05) is 35.3 Å². The highest BCUT2D eigenvalue weighted by Gasteiger charge is 2.19. The van der Waals surface area contributed by atoms with Crippen LogP contribution < -0.4 is 0 Å². The Morgan fingerprint density at radius 3 is 2.70 bits per heavy atom. The molecule has 2 aromatic carbocycles. The normalized spacial score (nSPS) is 12.0. The number of hydrogen-bond donors (Lipinski definition) is 1. The number of halogens is 2. The average molecular weight is 413 g/mol. The van der Waals surface area contributed by atoms with E-state index in [1.54, 1.807) is 30.3 Å². The maximum absolute atomic E-state index is 10.6. The Morgan fingerprint density at radius 2 is 1.93 bits per heavy atom. The Labute approximate surface area is 168 Å². The molecule has 2 heterocycles. The van der Waals surface area contributed by atoms with E-state index in [1.165, 1.54) is 11.3 Å². The second kappa shape index (κ2) is 7.09. The molecule has 4 aromatic rings. The lowest BCUT2D eigenvalue weighted by atomic mass is 10.2. The van der Waals surface area contributed by atoms with Crippen molar-refractivity contribution >= 4 is 56.1 Å². The zero-order chi connectivity index (χ0) is 19.0. The number of fused-ring (bicyclic) bond motifs is 1. The van der Waals surface area contributed by atoms with Gasteiger partial charge in [0.1, 0.15) is 22.4 Å². The molecule has 0 radical (unpaired) electrons. The lowest BCUT2D eigenvalue weighted by Crippen LogP contribution is -1.88. The molecule has 0 aliphatic rings. The van der Waals surface area contributed by atoms with Crippen molar-refractivity contribution in [1.29, 1.82) is 5.26 Å². The molecule has 132 valence electrons. The zero-order valence-electron chi connectivity index (χ0n) is 13.6. The molecule has 0 spiro atoms. The zero-order valence-corrected chi connectivity index (χ0v) is 15.9. The topological polar surface area (TPSA) is 70.0 Å². The van der Waals surface area contributed by atoms with E-state index in [-0.39, 0.29) is 17.1 Å². The van der Waals surface area contributed by atoms with Crippen LogP contribution in [0.2, 0.25) is 10.0 Å². The van der Waals surface area contributed by atoms with E-state index in [1.807, 2.05) is 30.3 Å². The Kier molecular flexibility index (Phi) is 4.63. The number of benzene rings is 2. The summed E-state index contributed by atoms with van der Waals surface area (Å²) in [6, 6.07) is 17.8. The minimum absolute atomic E-state index is 0.0503. The van der Waals surface area contributed by atoms with Gasteiger partial charge >= 0.3 is 0 Å². The lowest BCUT2D eigenvalue weighted by molar-refractivity contribution is 0.466. The van der Waals surface area contributed by atoms with E-state index in [4.69, 9.17) is 27.6 Å². The van der Waals surface area contributed by atoms with Gasteiger partial charge < -0.3 is 9.52 Å². The fourth-order valence-corrected chi connectivity index (χ4v) is 3.94. The van der Waals surface area contributed by atoms with E-state index >= 15 is 0 Å². The molecule has 0 fully saturated rings. The van der Waals surface area contributed by atoms with Gasteiger partial charge in [0.15, 0.2) is 11.5 Å². The summed E-state index contributed by atoms with van der Waals surface area (Å²) in [5.74, 6) is 0.309. The first-order valence-corrected chi connectivity index (χ1v) is 9.39. The number of aromatic nitrogens is 1. The molecular weight excluding hydrogens is 403 g/mol. The molecule has 0 bridgehead atoms. The molecule has 0 saturated heterocycles. The first-order chi connectivity index (χ1) is 13.1. The van der Waals surface area contributed by atoms with Crippen molar-refractivity contribution in [1.82, 2.24) is 4.98 Å². The van der Waals surface area contributed by atoms with Crippen molar-refractivity contribution in [2.75, 3.05) is 0 Å². The summed E-state index contributed by atoms with van der Waals surface area (Å²) < 4.78 is 6.65. The molecule has 0 amide bonds. The van der Waals surface area contributed by atoms with Crippen LogP contribution in [0.1, 0.15) is 10.8 Å². The van der Waals surface area contributed by atoms with E-state index < -0.39 is 0 Å². The van der Waals surface area contributed by atoms with Gasteiger partial charge in [-0.15, -0.1) is 11.3 Å². The minimum Gasteiger partial charge on any atom is -0.503 e. The molecule has 0 atom stereocenters. The van der Waals surface area contributed by atoms with Gasteiger partial charge in [-0.2, -0.15) is 5.26 Å². The summed E-state index contributed by atoms with van der Waals surface area (Å²) in [4.78, 5) is 4.42. The van der Waals surface area contributed by atoms with Crippen LogP contribution in [0.4, 0.5) is 0 Å². The molecule has 4 rings (SSSR count). The summed E-state index contributed by atoms with van der Waals surface area (Å²) in [6.07, 6.45) is 0. The van der Waals surface area contributed by atoms with Crippen molar-refractivity contribution in [3.05, 3.63) is 75.4 Å². The van der Waals surface area contributed by atoms with Crippen LogP contribution in [0.3, 0.4) is 0 Å². The van der Waals surface area contributed by atoms with Crippen LogP contribution in [0.15, 0.2) is 59.0 Å². The summed E-state index contributed by atoms with van der Waals surface area (Å²) in [6.45, 7) is 0. The van der Waals surface area contributed by atoms with Gasteiger partial charge in [0.25, 0.3) is 0 Å². The Hall–Kier alpha value is -2.78. The number of furan rings is 1. The number of aliphatic hydroxyl groups excluding tert-OH is 1. The number of para-hydroxylation sites is 1. The molecule has 0 unspecified atom stereocenters. The fourth-order valence-electron chi connectivity index (χ4n) is 2.60. The van der Waals surface area contributed by atoms with E-state index in [9.17, 15) is 10.4 Å². The van der Waals surface area contributed by atoms with Crippen molar-refractivity contribution in [2.24, 2.45) is 0 Å². The molecule has 27 heavy (non-hydrogen) atoms. The number of rotatable bonds is 3. The van der Waals surface area contributed by atoms with E-state index in [0.717, 1.165) is 10.2 Å². The summed E-state index contributed by atoms with van der Waals surface area (Å²) in [7, 11) is 0. The maximum atomic E-state index is 10.6. The number of allylic oxidation sites excluding steroid dienone is 1. The van der Waals surface area contributed by atoms with Gasteiger partial charge in [-0.3, -0.25) is 0 Å². The first-order valence-electron chi connectivity index (χ1n) is 7.81. The third kappa shape index (κ3) is 3.31. The van der Waals surface area contributed by atoms with Gasteiger partial charge in [0.05, 0.1) is 15.2 Å². The summed E-state index contributed by atoms with van der Waals surface area (Å²) in [5, 5.41) is 21.6. The molecule has 4 nitrogen and oxygen atoms in total. The number of thiazole rings is 1. The predicted octanol–water partition coefficient (Wildman–Crippen LogP) is 6.81. The lowest BCUT2D eigenvalue weighted by Gasteiger charge is -2.02. The Balaban J connectivity index is 1.78. The Morgan fingerprint density at radius 1 is 1.11 bits per heavy atom. The van der Waals surface area contributed by atoms with Crippen LogP contribution in [-0.4, -0.2) is 10.1 Å². The average Bonchev–Trinajstić information content (AvgIpc) is 3.31. The number of nitrogens with zero attached hydrogens (tertiary/aromatic N) is 2. The van der Waals surface area contributed by atoms with Crippen molar-refractivity contribution in [3.8, 4) is 17.4 Å². The van der Waals surface area contributed by atoms with Crippen LogP contribution >= 0.6 is 34.5 Å². The fraction of sp³-hybridized carbons (Fsp3) is 0. The predicted molar refractivity (Wildman–Crippen MR) is 109 cm³/mol. The van der Waals surface area contributed by atoms with Crippen LogP contribution in [-0.2, 0) is 0 Å². The smallest absolute Gasteiger partial charge is 0.179 e. The molecular formula is C20H10Cl2N2O2S. The van der Waals surface area contributed by atoms with Gasteiger partial charge in [-0.25, -0.2) is 4.98 Å². The van der Waals surface area contributed by atoms with Crippen molar-refractivity contribution < 1.29 is 9.52 Å². The quantitative estimate of drug-likeness (QED) is 0.296.